The van der Waals surface area contributed by atoms with Crippen molar-refractivity contribution in [2.24, 2.45) is 0 Å². The van der Waals surface area contributed by atoms with Crippen LogP contribution >= 0.6 is 0 Å². The molecule has 3 N–H and O–H groups in total. The second-order valence-electron chi connectivity index (χ2n) is 6.83. The highest BCUT2D eigenvalue weighted by atomic mass is 16.4. The highest BCUT2D eigenvalue weighted by Gasteiger charge is 2.04. The summed E-state index contributed by atoms with van der Waals surface area (Å²) >= 11 is 0. The summed E-state index contributed by atoms with van der Waals surface area (Å²) < 4.78 is 0. The van der Waals surface area contributed by atoms with Crippen molar-refractivity contribution in [2.75, 3.05) is 6.61 Å². The molecule has 0 saturated heterocycles. The zero-order valence-corrected chi connectivity index (χ0v) is 17.2. The number of carbonyl (C=O) groups is 2. The molecule has 1 rings (SSSR count). The van der Waals surface area contributed by atoms with Gasteiger partial charge in [-0.3, -0.25) is 0 Å². The fourth-order valence-corrected chi connectivity index (χ4v) is 2.25. The molecule has 0 heterocycles. The van der Waals surface area contributed by atoms with Crippen molar-refractivity contribution in [3.05, 3.63) is 70.3 Å². The van der Waals surface area contributed by atoms with E-state index in [9.17, 15) is 9.59 Å². The summed E-state index contributed by atoms with van der Waals surface area (Å²) in [5, 5.41) is 25.6. The quantitative estimate of drug-likeness (QED) is 0.487. The normalized spacial score (nSPS) is 11.3. The van der Waals surface area contributed by atoms with Gasteiger partial charge in [-0.15, -0.1) is 0 Å². The SMILES string of the molecule is CC(C)=CCCC(C)=CCCC(C)=CCO.O=C(O)c1ccc(C(=O)O)cc1. The summed E-state index contributed by atoms with van der Waals surface area (Å²) in [5.41, 5.74) is 4.31. The Hall–Kier alpha value is -2.66. The van der Waals surface area contributed by atoms with Gasteiger partial charge in [0.1, 0.15) is 0 Å². The van der Waals surface area contributed by atoms with Gasteiger partial charge in [-0.25, -0.2) is 9.59 Å². The van der Waals surface area contributed by atoms with Crippen LogP contribution in [0.3, 0.4) is 0 Å². The van der Waals surface area contributed by atoms with Gasteiger partial charge in [0.15, 0.2) is 0 Å². The molecular formula is C23H32O5. The predicted molar refractivity (Wildman–Crippen MR) is 113 cm³/mol. The average molecular weight is 389 g/mol. The lowest BCUT2D eigenvalue weighted by Crippen LogP contribution is -1.99. The molecule has 0 amide bonds. The number of aromatic carboxylic acids is 2. The van der Waals surface area contributed by atoms with Crippen LogP contribution in [0.4, 0.5) is 0 Å². The molecule has 1 aromatic rings. The number of rotatable bonds is 9. The molecule has 0 aliphatic heterocycles. The van der Waals surface area contributed by atoms with Gasteiger partial charge >= 0.3 is 11.9 Å². The van der Waals surface area contributed by atoms with Crippen molar-refractivity contribution >= 4 is 11.9 Å². The van der Waals surface area contributed by atoms with Crippen LogP contribution in [0.15, 0.2) is 59.2 Å². The van der Waals surface area contributed by atoms with Crippen molar-refractivity contribution in [3.63, 3.8) is 0 Å². The molecule has 0 saturated carbocycles. The maximum absolute atomic E-state index is 10.3. The molecule has 5 nitrogen and oxygen atoms in total. The van der Waals surface area contributed by atoms with Crippen LogP contribution in [0.2, 0.25) is 0 Å². The van der Waals surface area contributed by atoms with E-state index in [0.717, 1.165) is 25.7 Å². The minimum atomic E-state index is -1.06. The summed E-state index contributed by atoms with van der Waals surface area (Å²) in [6.07, 6.45) is 10.9. The summed E-state index contributed by atoms with van der Waals surface area (Å²) in [4.78, 5) is 20.7. The van der Waals surface area contributed by atoms with Crippen molar-refractivity contribution in [1.82, 2.24) is 0 Å². The predicted octanol–water partition coefficient (Wildman–Crippen LogP) is 5.48. The number of carboxylic acids is 2. The van der Waals surface area contributed by atoms with E-state index in [1.807, 2.05) is 6.08 Å². The Labute approximate surface area is 167 Å². The average Bonchev–Trinajstić information content (AvgIpc) is 2.62. The molecule has 28 heavy (non-hydrogen) atoms. The third kappa shape index (κ3) is 12.7. The standard InChI is InChI=1S/C15H26O.C8H6O4/c1-13(2)7-5-8-14(3)9-6-10-15(4)11-12-16;9-7(10)5-1-2-6(4-3-5)8(11)12/h7,9,11,16H,5-6,8,10,12H2,1-4H3;1-4H,(H,9,10)(H,11,12). The number of hydrogen-bond acceptors (Lipinski definition) is 3. The first-order chi connectivity index (χ1) is 13.2. The largest absolute Gasteiger partial charge is 0.478 e. The van der Waals surface area contributed by atoms with Gasteiger partial charge in [0.05, 0.1) is 17.7 Å². The summed E-state index contributed by atoms with van der Waals surface area (Å²) in [6, 6.07) is 5.02. The van der Waals surface area contributed by atoms with Gasteiger partial charge in [0, 0.05) is 0 Å². The molecular weight excluding hydrogens is 356 g/mol. The van der Waals surface area contributed by atoms with Crippen molar-refractivity contribution in [1.29, 1.82) is 0 Å². The molecule has 0 radical (unpaired) electrons. The van der Waals surface area contributed by atoms with Crippen molar-refractivity contribution in [3.8, 4) is 0 Å². The Bertz CT molecular complexity index is 672. The van der Waals surface area contributed by atoms with Gasteiger partial charge in [-0.1, -0.05) is 34.9 Å². The Balaban J connectivity index is 0.000000540. The van der Waals surface area contributed by atoms with E-state index in [1.54, 1.807) is 0 Å². The molecule has 154 valence electrons. The number of hydrogen-bond donors (Lipinski definition) is 3. The van der Waals surface area contributed by atoms with Crippen LogP contribution in [0.5, 0.6) is 0 Å². The Morgan fingerprint density at radius 1 is 0.750 bits per heavy atom. The number of benzene rings is 1. The van der Waals surface area contributed by atoms with Crippen molar-refractivity contribution < 1.29 is 24.9 Å². The van der Waals surface area contributed by atoms with Gasteiger partial charge in [0.2, 0.25) is 0 Å². The number of aliphatic hydroxyl groups is 1. The smallest absolute Gasteiger partial charge is 0.335 e. The Morgan fingerprint density at radius 2 is 1.14 bits per heavy atom. The van der Waals surface area contributed by atoms with E-state index >= 15 is 0 Å². The van der Waals surface area contributed by atoms with Gasteiger partial charge in [-0.05, 0) is 77.6 Å². The lowest BCUT2D eigenvalue weighted by Gasteiger charge is -2.00. The van der Waals surface area contributed by atoms with E-state index < -0.39 is 11.9 Å². The molecule has 0 fully saturated rings. The molecule has 5 heteroatoms. The number of allylic oxidation sites excluding steroid dienone is 5. The number of carboxylic acid groups (broad SMARTS) is 2. The lowest BCUT2D eigenvalue weighted by atomic mass is 10.1. The molecule has 0 unspecified atom stereocenters. The topological polar surface area (TPSA) is 94.8 Å². The monoisotopic (exact) mass is 388 g/mol. The minimum absolute atomic E-state index is 0.0833. The van der Waals surface area contributed by atoms with Crippen LogP contribution in [0.1, 0.15) is 74.1 Å². The van der Waals surface area contributed by atoms with Crippen LogP contribution < -0.4 is 0 Å². The van der Waals surface area contributed by atoms with Crippen LogP contribution in [0, 0.1) is 0 Å². The fourth-order valence-electron chi connectivity index (χ4n) is 2.25. The summed E-state index contributed by atoms with van der Waals surface area (Å²) in [5.74, 6) is -2.13. The fraction of sp³-hybridized carbons (Fsp3) is 0.391. The van der Waals surface area contributed by atoms with Crippen LogP contribution in [0.25, 0.3) is 0 Å². The second kappa shape index (κ2) is 14.4. The zero-order valence-electron chi connectivity index (χ0n) is 17.2. The Kier molecular flexibility index (Phi) is 13.0. The maximum Gasteiger partial charge on any atom is 0.335 e. The van der Waals surface area contributed by atoms with Crippen LogP contribution in [-0.2, 0) is 0 Å². The molecule has 0 aliphatic carbocycles. The van der Waals surface area contributed by atoms with E-state index in [-0.39, 0.29) is 17.7 Å². The minimum Gasteiger partial charge on any atom is -0.478 e. The van der Waals surface area contributed by atoms with Crippen molar-refractivity contribution in [2.45, 2.75) is 53.4 Å². The number of aliphatic hydroxyl groups excluding tert-OH is 1. The highest BCUT2D eigenvalue weighted by molar-refractivity contribution is 5.91. The van der Waals surface area contributed by atoms with Gasteiger partial charge in [-0.2, -0.15) is 0 Å². The third-order valence-electron chi connectivity index (χ3n) is 3.94. The first kappa shape index (κ1) is 25.3. The summed E-state index contributed by atoms with van der Waals surface area (Å²) in [7, 11) is 0. The molecule has 0 bridgehead atoms. The third-order valence-corrected chi connectivity index (χ3v) is 3.94. The van der Waals surface area contributed by atoms with Crippen LogP contribution in [-0.4, -0.2) is 33.9 Å². The lowest BCUT2D eigenvalue weighted by molar-refractivity contribution is 0.0681. The molecule has 0 aromatic heterocycles. The summed E-state index contributed by atoms with van der Waals surface area (Å²) in [6.45, 7) is 8.71. The molecule has 0 spiro atoms. The van der Waals surface area contributed by atoms with E-state index in [2.05, 4.69) is 39.8 Å². The molecule has 0 aliphatic rings. The van der Waals surface area contributed by atoms with Gasteiger partial charge < -0.3 is 15.3 Å². The van der Waals surface area contributed by atoms with E-state index in [4.69, 9.17) is 15.3 Å². The van der Waals surface area contributed by atoms with Gasteiger partial charge in [0.25, 0.3) is 0 Å². The molecule has 1 aromatic carbocycles. The highest BCUT2D eigenvalue weighted by Crippen LogP contribution is 2.11. The zero-order chi connectivity index (χ0) is 21.5. The first-order valence-electron chi connectivity index (χ1n) is 9.29. The van der Waals surface area contributed by atoms with E-state index in [0.29, 0.717) is 0 Å². The van der Waals surface area contributed by atoms with E-state index in [1.165, 1.54) is 41.0 Å². The molecule has 0 atom stereocenters. The maximum atomic E-state index is 10.3. The Morgan fingerprint density at radius 3 is 1.50 bits per heavy atom. The first-order valence-corrected chi connectivity index (χ1v) is 9.29. The second-order valence-corrected chi connectivity index (χ2v) is 6.83.